The summed E-state index contributed by atoms with van der Waals surface area (Å²) in [4.78, 5) is 12.6. The minimum Gasteiger partial charge on any atom is -0.501 e. The van der Waals surface area contributed by atoms with E-state index in [4.69, 9.17) is 0 Å². The fourth-order valence-electron chi connectivity index (χ4n) is 3.56. The molecule has 2 rings (SSSR count). The highest BCUT2D eigenvalue weighted by Gasteiger charge is 2.31. The molecule has 1 aromatic rings. The van der Waals surface area contributed by atoms with Crippen LogP contribution in [0, 0.1) is 18.3 Å². The molecule has 0 aromatic heterocycles. The van der Waals surface area contributed by atoms with Crippen LogP contribution in [0.5, 0.6) is 0 Å². The highest BCUT2D eigenvalue weighted by molar-refractivity contribution is 5.96. The molecule has 1 aliphatic rings. The van der Waals surface area contributed by atoms with Crippen LogP contribution in [0.4, 0.5) is 0 Å². The maximum atomic E-state index is 12.6. The van der Waals surface area contributed by atoms with Gasteiger partial charge in [0.2, 0.25) is 0 Å². The first-order valence-electron chi connectivity index (χ1n) is 8.92. The van der Waals surface area contributed by atoms with Crippen molar-refractivity contribution in [2.75, 3.05) is 0 Å². The molecule has 0 unspecified atom stereocenters. The summed E-state index contributed by atoms with van der Waals surface area (Å²) in [5.74, 6) is -0.427. The molecule has 1 aromatic carbocycles. The fourth-order valence-corrected chi connectivity index (χ4v) is 3.56. The van der Waals surface area contributed by atoms with Crippen molar-refractivity contribution < 1.29 is 9.90 Å². The quantitative estimate of drug-likeness (QED) is 0.550. The first-order valence-corrected chi connectivity index (χ1v) is 8.92. The molecule has 0 saturated heterocycles. The summed E-state index contributed by atoms with van der Waals surface area (Å²) in [7, 11) is 0. The SMILES string of the molecule is CC(=O)C(=C(C)C)[C@@H](C1=C(C)C(C)=CC=C=C1O)c1ccc(C#N)cc1C. The number of aliphatic hydroxyl groups is 1. The Bertz CT molecular complexity index is 999. The number of nitriles is 1. The Balaban J connectivity index is 2.92. The van der Waals surface area contributed by atoms with Gasteiger partial charge in [0.05, 0.1) is 11.6 Å². The number of hydrogen-bond acceptors (Lipinski definition) is 3. The first kappa shape index (κ1) is 20.2. The molecule has 0 amide bonds. The van der Waals surface area contributed by atoms with E-state index in [0.717, 1.165) is 27.8 Å². The third-order valence-corrected chi connectivity index (χ3v) is 5.01. The zero-order chi connectivity index (χ0) is 20.3. The Labute approximate surface area is 161 Å². The number of Topliss-reactive ketones (excluding diaryl/α,β-unsaturated/α-hetero) is 1. The van der Waals surface area contributed by atoms with Gasteiger partial charge in [0, 0.05) is 17.1 Å². The van der Waals surface area contributed by atoms with Gasteiger partial charge in [0.1, 0.15) is 0 Å². The fraction of sp³-hybridized carbons (Fsp3) is 0.292. The summed E-state index contributed by atoms with van der Waals surface area (Å²) < 4.78 is 0. The molecule has 0 radical (unpaired) electrons. The lowest BCUT2D eigenvalue weighted by atomic mass is 9.76. The molecule has 0 aliphatic heterocycles. The monoisotopic (exact) mass is 359 g/mol. The lowest BCUT2D eigenvalue weighted by molar-refractivity contribution is -0.113. The van der Waals surface area contributed by atoms with Crippen LogP contribution in [0.3, 0.4) is 0 Å². The standard InChI is InChI=1S/C24H25NO2/c1-14(2)22(18(6)26)24(20-11-10-19(13-25)12-16(20)4)23-17(5)15(3)8-7-9-21(23)27/h7-8,10-12,24,27H,1-6H3/t24-/m0/s1. The number of rotatable bonds is 4. The number of nitrogens with zero attached hydrogens (tertiary/aromatic N) is 1. The molecule has 27 heavy (non-hydrogen) atoms. The third kappa shape index (κ3) is 4.03. The molecular formula is C24H25NO2. The van der Waals surface area contributed by atoms with E-state index in [0.29, 0.717) is 16.7 Å². The van der Waals surface area contributed by atoms with Gasteiger partial charge in [-0.1, -0.05) is 23.4 Å². The van der Waals surface area contributed by atoms with Crippen molar-refractivity contribution in [1.29, 1.82) is 5.26 Å². The van der Waals surface area contributed by atoms with Gasteiger partial charge in [-0.2, -0.15) is 5.26 Å². The lowest BCUT2D eigenvalue weighted by Crippen LogP contribution is -2.17. The van der Waals surface area contributed by atoms with Gasteiger partial charge in [-0.15, -0.1) is 0 Å². The number of carbonyl (C=O) groups excluding carboxylic acids is 1. The van der Waals surface area contributed by atoms with Crippen molar-refractivity contribution in [2.24, 2.45) is 0 Å². The molecule has 1 atom stereocenters. The second-order valence-corrected chi connectivity index (χ2v) is 7.13. The van der Waals surface area contributed by atoms with E-state index >= 15 is 0 Å². The minimum atomic E-state index is -0.428. The Morgan fingerprint density at radius 2 is 1.85 bits per heavy atom. The highest BCUT2D eigenvalue weighted by atomic mass is 16.3. The Kier molecular flexibility index (Phi) is 6.05. The molecule has 1 aliphatic carbocycles. The van der Waals surface area contributed by atoms with E-state index in [9.17, 15) is 15.2 Å². The van der Waals surface area contributed by atoms with Crippen LogP contribution >= 0.6 is 0 Å². The molecule has 3 nitrogen and oxygen atoms in total. The highest BCUT2D eigenvalue weighted by Crippen LogP contribution is 2.42. The number of aryl methyl sites for hydroxylation is 1. The summed E-state index contributed by atoms with van der Waals surface area (Å²) in [6.45, 7) is 11.2. The summed E-state index contributed by atoms with van der Waals surface area (Å²) >= 11 is 0. The maximum absolute atomic E-state index is 12.6. The molecule has 3 heteroatoms. The summed E-state index contributed by atoms with van der Waals surface area (Å²) in [6, 6.07) is 7.60. The predicted octanol–water partition coefficient (Wildman–Crippen LogP) is 5.75. The van der Waals surface area contributed by atoms with E-state index in [1.807, 2.05) is 52.8 Å². The van der Waals surface area contributed by atoms with E-state index in [2.05, 4.69) is 11.8 Å². The second-order valence-electron chi connectivity index (χ2n) is 7.13. The molecule has 0 saturated carbocycles. The predicted molar refractivity (Wildman–Crippen MR) is 108 cm³/mol. The molecule has 0 spiro atoms. The van der Waals surface area contributed by atoms with Crippen molar-refractivity contribution in [3.05, 3.63) is 86.4 Å². The Morgan fingerprint density at radius 1 is 1.19 bits per heavy atom. The zero-order valence-electron chi connectivity index (χ0n) is 16.8. The van der Waals surface area contributed by atoms with Crippen molar-refractivity contribution in [1.82, 2.24) is 0 Å². The van der Waals surface area contributed by atoms with Crippen molar-refractivity contribution in [3.8, 4) is 6.07 Å². The maximum Gasteiger partial charge on any atom is 0.163 e. The number of allylic oxidation sites excluding steroid dienone is 6. The van der Waals surface area contributed by atoms with Gasteiger partial charge in [0.15, 0.2) is 11.5 Å². The average molecular weight is 359 g/mol. The van der Waals surface area contributed by atoms with Crippen molar-refractivity contribution >= 4 is 5.78 Å². The molecule has 0 bridgehead atoms. The van der Waals surface area contributed by atoms with Gasteiger partial charge < -0.3 is 5.11 Å². The van der Waals surface area contributed by atoms with Gasteiger partial charge in [0.25, 0.3) is 0 Å². The molecular weight excluding hydrogens is 334 g/mol. The van der Waals surface area contributed by atoms with Crippen LogP contribution in [0.15, 0.2) is 69.7 Å². The van der Waals surface area contributed by atoms with Crippen LogP contribution in [-0.2, 0) is 4.79 Å². The average Bonchev–Trinajstić information content (AvgIpc) is 2.71. The van der Waals surface area contributed by atoms with Crippen molar-refractivity contribution in [3.63, 3.8) is 0 Å². The van der Waals surface area contributed by atoms with Crippen LogP contribution in [0.1, 0.15) is 57.2 Å². The molecule has 1 N–H and O–H groups in total. The lowest BCUT2D eigenvalue weighted by Gasteiger charge is -2.27. The normalized spacial score (nSPS) is 14.7. The topological polar surface area (TPSA) is 61.1 Å². The Hall–Kier alpha value is -3.08. The summed E-state index contributed by atoms with van der Waals surface area (Å²) in [5.41, 5.74) is 9.44. The zero-order valence-corrected chi connectivity index (χ0v) is 16.8. The smallest absolute Gasteiger partial charge is 0.163 e. The minimum absolute atomic E-state index is 0.0354. The van der Waals surface area contributed by atoms with Crippen LogP contribution < -0.4 is 0 Å². The summed E-state index contributed by atoms with van der Waals surface area (Å²) in [6.07, 6.45) is 3.59. The molecule has 138 valence electrons. The van der Waals surface area contributed by atoms with Gasteiger partial charge in [-0.25, -0.2) is 0 Å². The van der Waals surface area contributed by atoms with Crippen molar-refractivity contribution in [2.45, 2.75) is 47.5 Å². The van der Waals surface area contributed by atoms with E-state index < -0.39 is 5.92 Å². The molecule has 0 heterocycles. The molecule has 0 fully saturated rings. The van der Waals surface area contributed by atoms with Crippen LogP contribution in [-0.4, -0.2) is 10.9 Å². The largest absolute Gasteiger partial charge is 0.501 e. The summed E-state index contributed by atoms with van der Waals surface area (Å²) in [5, 5.41) is 20.0. The van der Waals surface area contributed by atoms with E-state index in [1.165, 1.54) is 0 Å². The van der Waals surface area contributed by atoms with Gasteiger partial charge in [-0.05, 0) is 82.0 Å². The second kappa shape index (κ2) is 8.08. The number of carbonyl (C=O) groups is 1. The van der Waals surface area contributed by atoms with E-state index in [1.54, 1.807) is 19.1 Å². The first-order chi connectivity index (χ1) is 12.7. The number of benzene rings is 1. The number of ketones is 1. The van der Waals surface area contributed by atoms with Gasteiger partial charge in [-0.3, -0.25) is 4.79 Å². The van der Waals surface area contributed by atoms with Gasteiger partial charge >= 0.3 is 0 Å². The third-order valence-electron chi connectivity index (χ3n) is 5.01. The van der Waals surface area contributed by atoms with Crippen LogP contribution in [0.2, 0.25) is 0 Å². The number of aliphatic hydroxyl groups excluding tert-OH is 1. The van der Waals surface area contributed by atoms with Crippen LogP contribution in [0.25, 0.3) is 0 Å². The van der Waals surface area contributed by atoms with E-state index in [-0.39, 0.29) is 11.5 Å². The Morgan fingerprint density at radius 3 is 2.37 bits per heavy atom. The number of hydrogen-bond donors (Lipinski definition) is 1.